The van der Waals surface area contributed by atoms with Crippen LogP contribution < -0.4 is 4.74 Å². The Labute approximate surface area is 165 Å². The number of fused-ring (bicyclic) bond motifs is 9. The highest BCUT2D eigenvalue weighted by molar-refractivity contribution is 14.1. The lowest BCUT2D eigenvalue weighted by atomic mass is 9.89. The van der Waals surface area contributed by atoms with Crippen LogP contribution in [0.5, 0.6) is 5.75 Å². The summed E-state index contributed by atoms with van der Waals surface area (Å²) in [5, 5.41) is -0.387. The van der Waals surface area contributed by atoms with Crippen LogP contribution in [0.4, 0.5) is 0 Å². The smallest absolute Gasteiger partial charge is 0.191 e. The summed E-state index contributed by atoms with van der Waals surface area (Å²) in [5.41, 5.74) is 2.41. The van der Waals surface area contributed by atoms with Crippen LogP contribution in [0, 0.1) is 7.14 Å². The summed E-state index contributed by atoms with van der Waals surface area (Å²) in [5.74, 6) is 0.521. The van der Waals surface area contributed by atoms with Gasteiger partial charge in [-0.25, -0.2) is 8.42 Å². The Balaban J connectivity index is 1.75. The average Bonchev–Trinajstić information content (AvgIpc) is 3.03. The zero-order valence-corrected chi connectivity index (χ0v) is 17.5. The third kappa shape index (κ3) is 1.96. The van der Waals surface area contributed by atoms with Gasteiger partial charge in [-0.2, -0.15) is 0 Å². The summed E-state index contributed by atoms with van der Waals surface area (Å²) < 4.78 is 34.6. The van der Waals surface area contributed by atoms with E-state index >= 15 is 0 Å². The third-order valence-electron chi connectivity index (χ3n) is 4.70. The first-order valence-corrected chi connectivity index (χ1v) is 11.8. The van der Waals surface area contributed by atoms with Gasteiger partial charge < -0.3 is 4.74 Å². The molecule has 0 amide bonds. The number of hydrogen-bond acceptors (Lipinski definition) is 4. The molecule has 3 aliphatic rings. The molecule has 0 radical (unpaired) electrons. The molecule has 3 nitrogen and oxygen atoms in total. The van der Waals surface area contributed by atoms with Crippen LogP contribution in [0.3, 0.4) is 0 Å². The van der Waals surface area contributed by atoms with E-state index in [9.17, 15) is 8.42 Å². The molecule has 1 saturated heterocycles. The summed E-state index contributed by atoms with van der Waals surface area (Å²) in [6, 6.07) is 11.9. The standard InChI is InChI=1S/C16H10I2O3S2/c17-7-5-10(18)15-11(6-7)21-12-13-8-3-1-2-4-9(8)14(22-13)16(12)23(15,19)20/h1-6,12-14,16H. The quantitative estimate of drug-likeness (QED) is 0.444. The monoisotopic (exact) mass is 568 g/mol. The Bertz CT molecular complexity index is 958. The van der Waals surface area contributed by atoms with Gasteiger partial charge in [-0.3, -0.25) is 0 Å². The summed E-state index contributed by atoms with van der Waals surface area (Å²) in [6.45, 7) is 0. The lowest BCUT2D eigenvalue weighted by molar-refractivity contribution is 0.179. The van der Waals surface area contributed by atoms with Gasteiger partial charge in [0.1, 0.15) is 22.0 Å². The van der Waals surface area contributed by atoms with Gasteiger partial charge in [0.05, 0.1) is 10.5 Å². The van der Waals surface area contributed by atoms with Crippen molar-refractivity contribution in [2.75, 3.05) is 0 Å². The minimum absolute atomic E-state index is 0.0190. The molecule has 2 aromatic carbocycles. The fourth-order valence-corrected chi connectivity index (χ4v) is 11.0. The molecular formula is C16H10I2O3S2. The fraction of sp³-hybridized carbons (Fsp3) is 0.250. The normalized spacial score (nSPS) is 31.9. The molecule has 3 heterocycles. The lowest BCUT2D eigenvalue weighted by Gasteiger charge is -2.36. The number of ether oxygens (including phenoxy) is 1. The van der Waals surface area contributed by atoms with Crippen LogP contribution in [0.2, 0.25) is 0 Å². The predicted molar refractivity (Wildman–Crippen MR) is 107 cm³/mol. The average molecular weight is 568 g/mol. The van der Waals surface area contributed by atoms with Crippen LogP contribution in [0.1, 0.15) is 21.6 Å². The van der Waals surface area contributed by atoms with Gasteiger partial charge in [0.2, 0.25) is 0 Å². The second-order valence-corrected chi connectivity index (χ2v) is 11.7. The van der Waals surface area contributed by atoms with Crippen LogP contribution in [0.25, 0.3) is 0 Å². The molecule has 118 valence electrons. The van der Waals surface area contributed by atoms with Crippen molar-refractivity contribution in [3.8, 4) is 5.75 Å². The first-order valence-electron chi connectivity index (χ1n) is 7.12. The van der Waals surface area contributed by atoms with E-state index in [2.05, 4.69) is 57.3 Å². The molecule has 0 N–H and O–H groups in total. The second-order valence-electron chi connectivity index (χ2n) is 5.91. The second kappa shape index (κ2) is 5.01. The van der Waals surface area contributed by atoms with Crippen molar-refractivity contribution < 1.29 is 13.2 Å². The van der Waals surface area contributed by atoms with Gasteiger partial charge in [0.15, 0.2) is 9.84 Å². The Morgan fingerprint density at radius 1 is 1.04 bits per heavy atom. The maximum Gasteiger partial charge on any atom is 0.191 e. The molecule has 3 aliphatic heterocycles. The first kappa shape index (κ1) is 15.3. The topological polar surface area (TPSA) is 43.4 Å². The molecule has 0 aliphatic carbocycles. The molecule has 7 heteroatoms. The van der Waals surface area contributed by atoms with Crippen molar-refractivity contribution in [2.45, 2.75) is 26.7 Å². The first-order chi connectivity index (χ1) is 11.0. The molecule has 2 aromatic rings. The largest absolute Gasteiger partial charge is 0.486 e. The Hall–Kier alpha value is -0.000000000000000222. The number of sulfone groups is 1. The molecule has 0 saturated carbocycles. The van der Waals surface area contributed by atoms with Crippen molar-refractivity contribution in [2.24, 2.45) is 0 Å². The Morgan fingerprint density at radius 3 is 2.48 bits per heavy atom. The molecule has 4 unspecified atom stereocenters. The van der Waals surface area contributed by atoms with Gasteiger partial charge in [-0.05, 0) is 68.4 Å². The van der Waals surface area contributed by atoms with E-state index in [4.69, 9.17) is 4.74 Å². The number of thioether (sulfide) groups is 1. The molecule has 5 rings (SSSR count). The number of benzene rings is 2. The highest BCUT2D eigenvalue weighted by atomic mass is 127. The van der Waals surface area contributed by atoms with Crippen LogP contribution in [-0.2, 0) is 9.84 Å². The zero-order chi connectivity index (χ0) is 15.9. The van der Waals surface area contributed by atoms with E-state index in [1.807, 2.05) is 24.3 Å². The summed E-state index contributed by atoms with van der Waals surface area (Å²) in [6.07, 6.45) is -0.286. The predicted octanol–water partition coefficient (Wildman–Crippen LogP) is 4.34. The maximum absolute atomic E-state index is 13.3. The summed E-state index contributed by atoms with van der Waals surface area (Å²) in [7, 11) is -3.40. The van der Waals surface area contributed by atoms with E-state index in [0.29, 0.717) is 10.6 Å². The molecule has 0 aromatic heterocycles. The maximum atomic E-state index is 13.3. The summed E-state index contributed by atoms with van der Waals surface area (Å²) in [4.78, 5) is 0.380. The van der Waals surface area contributed by atoms with Crippen molar-refractivity contribution in [1.29, 1.82) is 0 Å². The number of rotatable bonds is 0. The zero-order valence-electron chi connectivity index (χ0n) is 11.6. The third-order valence-corrected chi connectivity index (χ3v) is 10.6. The van der Waals surface area contributed by atoms with Crippen LogP contribution in [-0.4, -0.2) is 19.8 Å². The molecule has 2 bridgehead atoms. The SMILES string of the molecule is O=S1(=O)c2c(I)cc(I)cc2OC2C3SC(c4ccccc43)C21. The molecule has 0 spiro atoms. The van der Waals surface area contributed by atoms with Crippen molar-refractivity contribution in [3.05, 3.63) is 54.7 Å². The van der Waals surface area contributed by atoms with Gasteiger partial charge in [0, 0.05) is 7.14 Å². The van der Waals surface area contributed by atoms with Crippen LogP contribution in [0.15, 0.2) is 41.3 Å². The Kier molecular flexibility index (Phi) is 3.33. The molecule has 1 fully saturated rings. The highest BCUT2D eigenvalue weighted by Gasteiger charge is 2.61. The van der Waals surface area contributed by atoms with Gasteiger partial charge in [-0.1, -0.05) is 24.3 Å². The molecule has 23 heavy (non-hydrogen) atoms. The fourth-order valence-electron chi connectivity index (χ4n) is 3.84. The van der Waals surface area contributed by atoms with E-state index in [0.717, 1.165) is 7.14 Å². The van der Waals surface area contributed by atoms with E-state index in [1.165, 1.54) is 11.1 Å². The van der Waals surface area contributed by atoms with E-state index in [1.54, 1.807) is 11.8 Å². The van der Waals surface area contributed by atoms with Crippen molar-refractivity contribution in [3.63, 3.8) is 0 Å². The number of halogens is 2. The minimum atomic E-state index is -3.40. The lowest BCUT2D eigenvalue weighted by Crippen LogP contribution is -2.45. The van der Waals surface area contributed by atoms with Crippen molar-refractivity contribution in [1.82, 2.24) is 0 Å². The molecule has 4 atom stereocenters. The van der Waals surface area contributed by atoms with Gasteiger partial charge in [-0.15, -0.1) is 11.8 Å². The number of hydrogen-bond donors (Lipinski definition) is 0. The summed E-state index contributed by atoms with van der Waals surface area (Å²) >= 11 is 6.05. The van der Waals surface area contributed by atoms with E-state index < -0.39 is 15.1 Å². The van der Waals surface area contributed by atoms with Crippen LogP contribution >= 0.6 is 56.9 Å². The minimum Gasteiger partial charge on any atom is -0.486 e. The molecular weight excluding hydrogens is 558 g/mol. The van der Waals surface area contributed by atoms with Crippen molar-refractivity contribution >= 4 is 66.8 Å². The van der Waals surface area contributed by atoms with Gasteiger partial charge >= 0.3 is 0 Å². The highest BCUT2D eigenvalue weighted by Crippen LogP contribution is 2.65. The Morgan fingerprint density at radius 2 is 1.74 bits per heavy atom. The van der Waals surface area contributed by atoms with Gasteiger partial charge in [0.25, 0.3) is 0 Å². The van der Waals surface area contributed by atoms with E-state index in [-0.39, 0.29) is 16.6 Å².